The molecule has 0 radical (unpaired) electrons. The molecule has 2 aliphatic rings. The maximum atomic E-state index is 13.9. The number of nitrogens with zero attached hydrogens (tertiary/aromatic N) is 2. The molecule has 1 saturated carbocycles. The van der Waals surface area contributed by atoms with Gasteiger partial charge in [0.25, 0.3) is 0 Å². The number of hydrogen-bond donors (Lipinski definition) is 1. The van der Waals surface area contributed by atoms with Gasteiger partial charge in [0.05, 0.1) is 11.6 Å². The molecule has 0 unspecified atom stereocenters. The Bertz CT molecular complexity index is 901. The second kappa shape index (κ2) is 9.00. The molecule has 1 aromatic carbocycles. The zero-order valence-corrected chi connectivity index (χ0v) is 17.3. The third-order valence-corrected chi connectivity index (χ3v) is 5.90. The molecule has 30 heavy (non-hydrogen) atoms. The number of rotatable bonds is 7. The second-order valence-corrected chi connectivity index (χ2v) is 8.12. The Morgan fingerprint density at radius 3 is 2.57 bits per heavy atom. The van der Waals surface area contributed by atoms with Crippen molar-refractivity contribution < 1.29 is 18.4 Å². The van der Waals surface area contributed by atoms with Gasteiger partial charge >= 0.3 is 0 Å². The van der Waals surface area contributed by atoms with E-state index >= 15 is 0 Å². The molecule has 2 fully saturated rings. The number of carbonyl (C=O) groups is 2. The van der Waals surface area contributed by atoms with Crippen molar-refractivity contribution in [2.45, 2.75) is 44.7 Å². The van der Waals surface area contributed by atoms with Crippen molar-refractivity contribution >= 4 is 11.8 Å². The third kappa shape index (κ3) is 4.90. The molecule has 2 aromatic rings. The first-order chi connectivity index (χ1) is 14.5. The van der Waals surface area contributed by atoms with Gasteiger partial charge in [-0.3, -0.25) is 14.5 Å². The van der Waals surface area contributed by atoms with E-state index in [1.165, 1.54) is 6.07 Å². The largest absolute Gasteiger partial charge is 0.461 e. The van der Waals surface area contributed by atoms with Crippen LogP contribution in [0.1, 0.15) is 31.9 Å². The van der Waals surface area contributed by atoms with Gasteiger partial charge in [0.2, 0.25) is 11.8 Å². The molecule has 160 valence electrons. The highest BCUT2D eigenvalue weighted by Crippen LogP contribution is 2.25. The third-order valence-electron chi connectivity index (χ3n) is 5.90. The molecule has 0 spiro atoms. The van der Waals surface area contributed by atoms with Crippen LogP contribution in [0.5, 0.6) is 0 Å². The molecular weight excluding hydrogens is 385 g/mol. The molecule has 4 rings (SSSR count). The van der Waals surface area contributed by atoms with Crippen molar-refractivity contribution in [2.24, 2.45) is 0 Å². The van der Waals surface area contributed by atoms with Crippen molar-refractivity contribution in [1.29, 1.82) is 0 Å². The molecule has 1 aliphatic heterocycles. The van der Waals surface area contributed by atoms with Crippen LogP contribution in [-0.4, -0.2) is 59.9 Å². The number of halogens is 1. The van der Waals surface area contributed by atoms with Crippen LogP contribution >= 0.6 is 0 Å². The first kappa shape index (κ1) is 20.6. The summed E-state index contributed by atoms with van der Waals surface area (Å²) < 4.78 is 19.6. The molecule has 2 heterocycles. The van der Waals surface area contributed by atoms with Gasteiger partial charge in [-0.1, -0.05) is 12.1 Å². The van der Waals surface area contributed by atoms with E-state index in [-0.39, 0.29) is 23.7 Å². The predicted molar refractivity (Wildman–Crippen MR) is 111 cm³/mol. The van der Waals surface area contributed by atoms with Crippen molar-refractivity contribution in [3.63, 3.8) is 0 Å². The quantitative estimate of drug-likeness (QED) is 0.758. The number of nitrogens with one attached hydrogen (secondary N) is 1. The van der Waals surface area contributed by atoms with Crippen molar-refractivity contribution in [3.05, 3.63) is 48.0 Å². The number of amides is 2. The number of aryl methyl sites for hydroxylation is 1. The minimum Gasteiger partial charge on any atom is -0.461 e. The van der Waals surface area contributed by atoms with Crippen LogP contribution in [0, 0.1) is 5.82 Å². The zero-order chi connectivity index (χ0) is 21.1. The highest BCUT2D eigenvalue weighted by atomic mass is 19.1. The van der Waals surface area contributed by atoms with E-state index in [1.54, 1.807) is 30.3 Å². The summed E-state index contributed by atoms with van der Waals surface area (Å²) in [5.41, 5.74) is 0.422. The molecule has 0 bridgehead atoms. The fourth-order valence-electron chi connectivity index (χ4n) is 3.78. The van der Waals surface area contributed by atoms with Gasteiger partial charge in [0, 0.05) is 45.1 Å². The smallest absolute Gasteiger partial charge is 0.237 e. The summed E-state index contributed by atoms with van der Waals surface area (Å²) >= 11 is 0. The Morgan fingerprint density at radius 2 is 1.87 bits per heavy atom. The van der Waals surface area contributed by atoms with E-state index in [9.17, 15) is 14.0 Å². The zero-order valence-electron chi connectivity index (χ0n) is 17.3. The maximum Gasteiger partial charge on any atom is 0.237 e. The van der Waals surface area contributed by atoms with Crippen molar-refractivity contribution in [3.8, 4) is 11.3 Å². The van der Waals surface area contributed by atoms with Crippen molar-refractivity contribution in [1.82, 2.24) is 15.1 Å². The topological polar surface area (TPSA) is 65.8 Å². The standard InChI is InChI=1S/C23H28FN3O3/c1-16(23(29)25-17-6-7-17)26-12-14-27(15-13-26)22(28)11-9-18-8-10-21(30-18)19-4-2-3-5-20(19)24/h2-5,8,10,16-17H,6-7,9,11-15H2,1H3,(H,25,29)/t16-/m0/s1. The molecule has 7 heteroatoms. The van der Waals surface area contributed by atoms with E-state index < -0.39 is 0 Å². The summed E-state index contributed by atoms with van der Waals surface area (Å²) in [6.45, 7) is 4.57. The Balaban J connectivity index is 1.23. The van der Waals surface area contributed by atoms with Gasteiger partial charge < -0.3 is 14.6 Å². The number of benzene rings is 1. The van der Waals surface area contributed by atoms with Crippen LogP contribution in [0.15, 0.2) is 40.8 Å². The normalized spacial score (nSPS) is 18.3. The number of piperazine rings is 1. The number of furan rings is 1. The first-order valence-corrected chi connectivity index (χ1v) is 10.7. The van der Waals surface area contributed by atoms with Crippen LogP contribution in [0.25, 0.3) is 11.3 Å². The van der Waals surface area contributed by atoms with Gasteiger partial charge in [0.1, 0.15) is 17.3 Å². The fraction of sp³-hybridized carbons (Fsp3) is 0.478. The lowest BCUT2D eigenvalue weighted by Gasteiger charge is -2.37. The lowest BCUT2D eigenvalue weighted by molar-refractivity contribution is -0.134. The molecule has 1 atom stereocenters. The number of hydrogen-bond acceptors (Lipinski definition) is 4. The van der Waals surface area contributed by atoms with Gasteiger partial charge in [0.15, 0.2) is 0 Å². The predicted octanol–water partition coefficient (Wildman–Crippen LogP) is 2.83. The Morgan fingerprint density at radius 1 is 1.13 bits per heavy atom. The fourth-order valence-corrected chi connectivity index (χ4v) is 3.78. The van der Waals surface area contributed by atoms with Crippen LogP contribution in [0.3, 0.4) is 0 Å². The Hall–Kier alpha value is -2.67. The van der Waals surface area contributed by atoms with E-state index in [1.807, 2.05) is 11.8 Å². The average Bonchev–Trinajstić information content (AvgIpc) is 3.45. The molecule has 2 amide bonds. The van der Waals surface area contributed by atoms with Crippen LogP contribution in [0.4, 0.5) is 4.39 Å². The van der Waals surface area contributed by atoms with Crippen molar-refractivity contribution in [2.75, 3.05) is 26.2 Å². The highest BCUT2D eigenvalue weighted by Gasteiger charge is 2.30. The minimum atomic E-state index is -0.326. The summed E-state index contributed by atoms with van der Waals surface area (Å²) in [4.78, 5) is 28.8. The van der Waals surface area contributed by atoms with Gasteiger partial charge in [-0.15, -0.1) is 0 Å². The summed E-state index contributed by atoms with van der Waals surface area (Å²) in [5, 5.41) is 3.05. The minimum absolute atomic E-state index is 0.0774. The first-order valence-electron chi connectivity index (χ1n) is 10.7. The van der Waals surface area contributed by atoms with Gasteiger partial charge in [-0.05, 0) is 44.0 Å². The van der Waals surface area contributed by atoms with E-state index in [0.717, 1.165) is 12.8 Å². The lowest BCUT2D eigenvalue weighted by atomic mass is 10.1. The van der Waals surface area contributed by atoms with Crippen LogP contribution in [-0.2, 0) is 16.0 Å². The van der Waals surface area contributed by atoms with E-state index in [2.05, 4.69) is 10.2 Å². The average molecular weight is 413 g/mol. The summed E-state index contributed by atoms with van der Waals surface area (Å²) in [6.07, 6.45) is 2.99. The molecule has 1 saturated heterocycles. The van der Waals surface area contributed by atoms with Gasteiger partial charge in [-0.25, -0.2) is 4.39 Å². The summed E-state index contributed by atoms with van der Waals surface area (Å²) in [7, 11) is 0. The molecular formula is C23H28FN3O3. The summed E-state index contributed by atoms with van der Waals surface area (Å²) in [5.74, 6) is 0.981. The Kier molecular flexibility index (Phi) is 6.18. The van der Waals surface area contributed by atoms with Crippen LogP contribution < -0.4 is 5.32 Å². The van der Waals surface area contributed by atoms with E-state index in [0.29, 0.717) is 62.1 Å². The molecule has 1 aliphatic carbocycles. The molecule has 1 aromatic heterocycles. The van der Waals surface area contributed by atoms with Crippen LogP contribution in [0.2, 0.25) is 0 Å². The molecule has 6 nitrogen and oxygen atoms in total. The van der Waals surface area contributed by atoms with E-state index in [4.69, 9.17) is 4.42 Å². The maximum absolute atomic E-state index is 13.9. The summed E-state index contributed by atoms with van der Waals surface area (Å²) in [6, 6.07) is 10.2. The molecule has 1 N–H and O–H groups in total. The number of carbonyl (C=O) groups excluding carboxylic acids is 2. The lowest BCUT2D eigenvalue weighted by Crippen LogP contribution is -2.55. The highest BCUT2D eigenvalue weighted by molar-refractivity contribution is 5.82. The monoisotopic (exact) mass is 413 g/mol. The second-order valence-electron chi connectivity index (χ2n) is 8.12. The Labute approximate surface area is 176 Å². The van der Waals surface area contributed by atoms with Gasteiger partial charge in [-0.2, -0.15) is 0 Å². The SMILES string of the molecule is C[C@@H](C(=O)NC1CC1)N1CCN(C(=O)CCc2ccc(-c3ccccc3F)o2)CC1.